The van der Waals surface area contributed by atoms with Crippen LogP contribution in [0.25, 0.3) is 0 Å². The molecule has 0 amide bonds. The van der Waals surface area contributed by atoms with Crippen LogP contribution in [0.4, 0.5) is 0 Å². The number of hydrogen-bond donors (Lipinski definition) is 3. The molecule has 7 heteroatoms. The molecule has 2 aromatic rings. The van der Waals surface area contributed by atoms with Gasteiger partial charge in [0.15, 0.2) is 11.5 Å². The third-order valence-electron chi connectivity index (χ3n) is 7.00. The van der Waals surface area contributed by atoms with E-state index in [1.54, 1.807) is 6.92 Å². The van der Waals surface area contributed by atoms with Crippen LogP contribution in [0.5, 0.6) is 0 Å². The molecule has 0 spiro atoms. The van der Waals surface area contributed by atoms with Gasteiger partial charge in [-0.1, -0.05) is 13.8 Å². The Hall–Kier alpha value is -2.44. The van der Waals surface area contributed by atoms with E-state index in [1.165, 1.54) is 11.3 Å². The molecule has 0 unspecified atom stereocenters. The summed E-state index contributed by atoms with van der Waals surface area (Å²) in [7, 11) is 0. The normalized spacial score (nSPS) is 34.1. The van der Waals surface area contributed by atoms with Gasteiger partial charge in [-0.15, -0.1) is 0 Å². The number of nitrogens with zero attached hydrogens (tertiary/aromatic N) is 2. The van der Waals surface area contributed by atoms with Crippen LogP contribution in [-0.4, -0.2) is 37.3 Å². The average Bonchev–Trinajstić information content (AvgIpc) is 3.14. The minimum absolute atomic E-state index is 0.0893. The Balaban J connectivity index is 0.000000115. The summed E-state index contributed by atoms with van der Waals surface area (Å²) in [6.45, 7) is 6.07. The molecule has 0 radical (unpaired) electrons. The Morgan fingerprint density at radius 1 is 0.923 bits per heavy atom. The van der Waals surface area contributed by atoms with Gasteiger partial charge in [-0.3, -0.25) is 15.0 Å². The molecule has 2 saturated carbocycles. The maximum atomic E-state index is 11.2. The summed E-state index contributed by atoms with van der Waals surface area (Å²) in [6.07, 6.45) is 1.96. The van der Waals surface area contributed by atoms with Gasteiger partial charge < -0.3 is 5.11 Å². The second kappa shape index (κ2) is 5.05. The zero-order valence-corrected chi connectivity index (χ0v) is 15.0. The van der Waals surface area contributed by atoms with Crippen LogP contribution < -0.4 is 0 Å². The van der Waals surface area contributed by atoms with Crippen molar-refractivity contribution in [3.05, 3.63) is 33.9 Å². The monoisotopic (exact) mass is 354 g/mol. The summed E-state index contributed by atoms with van der Waals surface area (Å²) in [5.74, 6) is 3.41. The molecule has 0 bridgehead atoms. The van der Waals surface area contributed by atoms with Crippen LogP contribution in [0.1, 0.15) is 76.1 Å². The molecule has 6 rings (SSSR count). The number of fused-ring (bicyclic) bond motifs is 6. The molecule has 0 saturated heterocycles. The van der Waals surface area contributed by atoms with Crippen molar-refractivity contribution in [3.63, 3.8) is 0 Å². The predicted molar refractivity (Wildman–Crippen MR) is 92.3 cm³/mol. The van der Waals surface area contributed by atoms with E-state index in [4.69, 9.17) is 5.11 Å². The van der Waals surface area contributed by atoms with E-state index in [9.17, 15) is 9.59 Å². The highest BCUT2D eigenvalue weighted by molar-refractivity contribution is 5.94. The number of carboxylic acids is 1. The van der Waals surface area contributed by atoms with Gasteiger partial charge in [-0.25, -0.2) is 4.79 Å². The molecule has 0 aromatic carbocycles. The fraction of sp³-hybridized carbons (Fsp3) is 0.579. The zero-order valence-electron chi connectivity index (χ0n) is 15.0. The highest BCUT2D eigenvalue weighted by Gasteiger charge is 2.56. The van der Waals surface area contributed by atoms with Crippen molar-refractivity contribution in [1.29, 1.82) is 0 Å². The first-order valence-corrected chi connectivity index (χ1v) is 9.28. The third-order valence-corrected chi connectivity index (χ3v) is 7.00. The van der Waals surface area contributed by atoms with Crippen molar-refractivity contribution in [2.45, 2.75) is 45.4 Å². The number of aromatic nitrogens is 4. The van der Waals surface area contributed by atoms with E-state index < -0.39 is 5.97 Å². The van der Waals surface area contributed by atoms with Crippen LogP contribution in [0.3, 0.4) is 0 Å². The number of carbonyl (C=O) groups is 2. The summed E-state index contributed by atoms with van der Waals surface area (Å²) >= 11 is 0. The number of rotatable bonds is 2. The lowest BCUT2D eigenvalue weighted by Crippen LogP contribution is -2.02. The molecule has 2 heterocycles. The maximum absolute atomic E-state index is 11.2. The Labute approximate surface area is 150 Å². The van der Waals surface area contributed by atoms with Crippen LogP contribution in [0, 0.1) is 23.7 Å². The van der Waals surface area contributed by atoms with Gasteiger partial charge in [0, 0.05) is 41.3 Å². The van der Waals surface area contributed by atoms with Crippen molar-refractivity contribution in [2.75, 3.05) is 0 Å². The lowest BCUT2D eigenvalue weighted by atomic mass is 10.1. The SMILES string of the molecule is CC(=O)c1n[nH]c2c1C[C@@H]1[C@H](C)[C@H]21.C[C@@H]1[C@H]2Cc3c(C(=O)O)n[nH]c3[C@@H]12. The molecule has 2 fully saturated rings. The molecule has 6 atom stereocenters. The Morgan fingerprint density at radius 2 is 1.38 bits per heavy atom. The number of carbonyl (C=O) groups excluding carboxylic acids is 1. The first kappa shape index (κ1) is 15.8. The van der Waals surface area contributed by atoms with Gasteiger partial charge in [-0.2, -0.15) is 10.2 Å². The van der Waals surface area contributed by atoms with Crippen molar-refractivity contribution in [1.82, 2.24) is 20.4 Å². The molecule has 136 valence electrons. The van der Waals surface area contributed by atoms with Crippen LogP contribution >= 0.6 is 0 Å². The van der Waals surface area contributed by atoms with E-state index in [0.717, 1.165) is 41.9 Å². The predicted octanol–water partition coefficient (Wildman–Crippen LogP) is 2.53. The minimum Gasteiger partial charge on any atom is -0.476 e. The van der Waals surface area contributed by atoms with Gasteiger partial charge in [0.05, 0.1) is 0 Å². The summed E-state index contributed by atoms with van der Waals surface area (Å²) in [4.78, 5) is 21.9. The van der Waals surface area contributed by atoms with E-state index in [0.29, 0.717) is 23.4 Å². The van der Waals surface area contributed by atoms with Crippen LogP contribution in [0.15, 0.2) is 0 Å². The standard InChI is InChI=1S/C10H12N2O.C9H10N2O2/c1-4-6-3-7-9(5(2)13)11-12-10(7)8(4)6;1-3-4-2-5-7(6(3)4)10-11-8(5)9(12)13/h4,6,8H,3H2,1-2H3,(H,11,12);3-4,6H,2H2,1H3,(H,10,11)(H,12,13)/t4-,6+,8-;3-,4-,6+/m01/s1. The van der Waals surface area contributed by atoms with Crippen molar-refractivity contribution < 1.29 is 14.7 Å². The molecule has 2 aromatic heterocycles. The lowest BCUT2D eigenvalue weighted by molar-refractivity contribution is 0.0689. The van der Waals surface area contributed by atoms with E-state index in [2.05, 4.69) is 34.2 Å². The Kier molecular flexibility index (Phi) is 3.07. The second-order valence-corrected chi connectivity index (χ2v) is 8.30. The lowest BCUT2D eigenvalue weighted by Gasteiger charge is -1.97. The summed E-state index contributed by atoms with van der Waals surface area (Å²) in [6, 6.07) is 0. The van der Waals surface area contributed by atoms with Crippen LogP contribution in [-0.2, 0) is 12.8 Å². The highest BCUT2D eigenvalue weighted by Crippen LogP contribution is 2.61. The number of Topliss-reactive ketones (excluding diaryl/α,β-unsaturated/α-hetero) is 1. The molecule has 4 aliphatic rings. The van der Waals surface area contributed by atoms with Gasteiger partial charge >= 0.3 is 5.97 Å². The topological polar surface area (TPSA) is 112 Å². The van der Waals surface area contributed by atoms with Gasteiger partial charge in [0.25, 0.3) is 0 Å². The second-order valence-electron chi connectivity index (χ2n) is 8.30. The largest absolute Gasteiger partial charge is 0.476 e. The highest BCUT2D eigenvalue weighted by atomic mass is 16.4. The van der Waals surface area contributed by atoms with Crippen molar-refractivity contribution in [2.24, 2.45) is 23.7 Å². The molecule has 4 aliphatic carbocycles. The van der Waals surface area contributed by atoms with Crippen molar-refractivity contribution in [3.8, 4) is 0 Å². The van der Waals surface area contributed by atoms with E-state index in [1.807, 2.05) is 0 Å². The fourth-order valence-corrected chi connectivity index (χ4v) is 5.33. The number of ketones is 1. The maximum Gasteiger partial charge on any atom is 0.356 e. The Bertz CT molecular complexity index is 866. The fourth-order valence-electron chi connectivity index (χ4n) is 5.33. The Morgan fingerprint density at radius 3 is 1.85 bits per heavy atom. The molecule has 3 N–H and O–H groups in total. The smallest absolute Gasteiger partial charge is 0.356 e. The van der Waals surface area contributed by atoms with Gasteiger partial charge in [-0.05, 0) is 36.5 Å². The molecule has 7 nitrogen and oxygen atoms in total. The molecular formula is C19H22N4O3. The van der Waals surface area contributed by atoms with Crippen LogP contribution in [0.2, 0.25) is 0 Å². The molecule has 26 heavy (non-hydrogen) atoms. The molecular weight excluding hydrogens is 332 g/mol. The summed E-state index contributed by atoms with van der Waals surface area (Å²) in [5, 5.41) is 22.6. The molecule has 0 aliphatic heterocycles. The number of H-pyrrole nitrogens is 2. The number of aromatic amines is 2. The first-order chi connectivity index (χ1) is 12.4. The number of aromatic carboxylic acids is 1. The third kappa shape index (κ3) is 2.00. The summed E-state index contributed by atoms with van der Waals surface area (Å²) in [5.41, 5.74) is 5.36. The van der Waals surface area contributed by atoms with E-state index in [-0.39, 0.29) is 11.5 Å². The summed E-state index contributed by atoms with van der Waals surface area (Å²) < 4.78 is 0. The number of hydrogen-bond acceptors (Lipinski definition) is 4. The first-order valence-electron chi connectivity index (χ1n) is 9.28. The van der Waals surface area contributed by atoms with E-state index >= 15 is 0 Å². The van der Waals surface area contributed by atoms with Gasteiger partial charge in [0.1, 0.15) is 5.69 Å². The minimum atomic E-state index is -0.911. The number of nitrogens with one attached hydrogen (secondary N) is 2. The number of carboxylic acid groups (broad SMARTS) is 1. The van der Waals surface area contributed by atoms with Crippen molar-refractivity contribution >= 4 is 11.8 Å². The average molecular weight is 354 g/mol. The zero-order chi connectivity index (χ0) is 18.3. The quantitative estimate of drug-likeness (QED) is 0.718. The van der Waals surface area contributed by atoms with Gasteiger partial charge in [0.2, 0.25) is 0 Å².